The highest BCUT2D eigenvalue weighted by molar-refractivity contribution is 7.90. The first kappa shape index (κ1) is 14.0. The summed E-state index contributed by atoms with van der Waals surface area (Å²) in [7, 11) is -1.75. The highest BCUT2D eigenvalue weighted by atomic mass is 32.2. The normalized spacial score (nSPS) is 11.5. The quantitative estimate of drug-likeness (QED) is 0.782. The SMILES string of the molecule is COc1c(CCCCN)cccc1S(C)(=O)=O. The lowest BCUT2D eigenvalue weighted by Crippen LogP contribution is -2.04. The van der Waals surface area contributed by atoms with Gasteiger partial charge in [-0.05, 0) is 37.4 Å². The van der Waals surface area contributed by atoms with Gasteiger partial charge < -0.3 is 10.5 Å². The molecule has 0 heterocycles. The lowest BCUT2D eigenvalue weighted by Gasteiger charge is -2.12. The fraction of sp³-hybridized carbons (Fsp3) is 0.500. The second-order valence-corrected chi connectivity index (χ2v) is 5.95. The molecule has 1 rings (SSSR count). The molecule has 0 aliphatic heterocycles. The average Bonchev–Trinajstić information content (AvgIpc) is 2.28. The predicted octanol–water partition coefficient (Wildman–Crippen LogP) is 1.38. The number of ether oxygens (including phenoxy) is 1. The zero-order chi connectivity index (χ0) is 12.9. The molecule has 0 aliphatic rings. The second kappa shape index (κ2) is 6.02. The van der Waals surface area contributed by atoms with Gasteiger partial charge in [0, 0.05) is 6.26 Å². The van der Waals surface area contributed by atoms with Crippen LogP contribution in [-0.2, 0) is 16.3 Å². The number of methoxy groups -OCH3 is 1. The number of sulfone groups is 1. The summed E-state index contributed by atoms with van der Waals surface area (Å²) in [6.07, 6.45) is 3.82. The van der Waals surface area contributed by atoms with Gasteiger partial charge >= 0.3 is 0 Å². The minimum atomic E-state index is -3.25. The number of rotatable bonds is 6. The van der Waals surface area contributed by atoms with Crippen LogP contribution in [0.5, 0.6) is 5.75 Å². The fourth-order valence-corrected chi connectivity index (χ4v) is 2.62. The molecular weight excluding hydrogens is 238 g/mol. The Balaban J connectivity index is 3.06. The molecule has 0 amide bonds. The van der Waals surface area contributed by atoms with Gasteiger partial charge in [0.25, 0.3) is 0 Å². The molecule has 0 unspecified atom stereocenters. The minimum absolute atomic E-state index is 0.255. The van der Waals surface area contributed by atoms with Crippen LogP contribution in [-0.4, -0.2) is 28.3 Å². The van der Waals surface area contributed by atoms with Crippen LogP contribution in [0.25, 0.3) is 0 Å². The monoisotopic (exact) mass is 257 g/mol. The molecule has 2 N–H and O–H groups in total. The van der Waals surface area contributed by atoms with E-state index in [1.165, 1.54) is 13.4 Å². The Labute approximate surface area is 103 Å². The number of aryl methyl sites for hydroxylation is 1. The summed E-state index contributed by atoms with van der Waals surface area (Å²) in [5.74, 6) is 0.465. The largest absolute Gasteiger partial charge is 0.495 e. The Morgan fingerprint density at radius 2 is 2.00 bits per heavy atom. The predicted molar refractivity (Wildman–Crippen MR) is 68.1 cm³/mol. The van der Waals surface area contributed by atoms with Crippen molar-refractivity contribution in [1.29, 1.82) is 0 Å². The molecule has 0 atom stereocenters. The molecule has 4 nitrogen and oxygen atoms in total. The van der Waals surface area contributed by atoms with Crippen LogP contribution in [0, 0.1) is 0 Å². The molecule has 0 aliphatic carbocycles. The molecule has 0 radical (unpaired) electrons. The van der Waals surface area contributed by atoms with Crippen LogP contribution in [0.15, 0.2) is 23.1 Å². The molecular formula is C12H19NO3S. The summed E-state index contributed by atoms with van der Waals surface area (Å²) < 4.78 is 28.4. The number of para-hydroxylation sites is 1. The zero-order valence-corrected chi connectivity index (χ0v) is 11.1. The van der Waals surface area contributed by atoms with Crippen LogP contribution in [0.1, 0.15) is 18.4 Å². The topological polar surface area (TPSA) is 69.4 Å². The van der Waals surface area contributed by atoms with Gasteiger partial charge in [-0.3, -0.25) is 0 Å². The van der Waals surface area contributed by atoms with Crippen LogP contribution in [0.3, 0.4) is 0 Å². The number of unbranched alkanes of at least 4 members (excludes halogenated alkanes) is 1. The minimum Gasteiger partial charge on any atom is -0.495 e. The van der Waals surface area contributed by atoms with E-state index in [9.17, 15) is 8.42 Å². The first-order chi connectivity index (χ1) is 8.00. The number of hydrogen-bond donors (Lipinski definition) is 1. The maximum absolute atomic E-state index is 11.6. The third kappa shape index (κ3) is 3.71. The Kier molecular flexibility index (Phi) is 4.96. The van der Waals surface area contributed by atoms with Crippen molar-refractivity contribution in [2.45, 2.75) is 24.2 Å². The average molecular weight is 257 g/mol. The highest BCUT2D eigenvalue weighted by Gasteiger charge is 2.16. The Bertz CT molecular complexity index is 469. The molecule has 1 aromatic rings. The standard InChI is InChI=1S/C12H19NO3S/c1-16-12-10(6-3-4-9-13)7-5-8-11(12)17(2,14)15/h5,7-8H,3-4,6,9,13H2,1-2H3. The molecule has 0 saturated carbocycles. The van der Waals surface area contributed by atoms with E-state index >= 15 is 0 Å². The van der Waals surface area contributed by atoms with E-state index in [1.54, 1.807) is 12.1 Å². The van der Waals surface area contributed by atoms with E-state index < -0.39 is 9.84 Å². The maximum atomic E-state index is 11.6. The van der Waals surface area contributed by atoms with Gasteiger partial charge in [0.2, 0.25) is 0 Å². The first-order valence-corrected chi connectivity index (χ1v) is 7.46. The van der Waals surface area contributed by atoms with Crippen molar-refractivity contribution in [1.82, 2.24) is 0 Å². The molecule has 96 valence electrons. The summed E-state index contributed by atoms with van der Waals surface area (Å²) in [6, 6.07) is 5.21. The molecule has 0 bridgehead atoms. The molecule has 0 fully saturated rings. The fourth-order valence-electron chi connectivity index (χ4n) is 1.74. The summed E-state index contributed by atoms with van der Waals surface area (Å²) >= 11 is 0. The molecule has 0 spiro atoms. The number of hydrogen-bond acceptors (Lipinski definition) is 4. The first-order valence-electron chi connectivity index (χ1n) is 5.56. The van der Waals surface area contributed by atoms with E-state index in [0.29, 0.717) is 12.3 Å². The van der Waals surface area contributed by atoms with Crippen molar-refractivity contribution in [3.8, 4) is 5.75 Å². The maximum Gasteiger partial charge on any atom is 0.179 e. The number of benzene rings is 1. The van der Waals surface area contributed by atoms with Gasteiger partial charge in [0.15, 0.2) is 9.84 Å². The van der Waals surface area contributed by atoms with E-state index in [1.807, 2.05) is 6.07 Å². The summed E-state index contributed by atoms with van der Waals surface area (Å²) in [6.45, 7) is 0.647. The smallest absolute Gasteiger partial charge is 0.179 e. The molecule has 1 aromatic carbocycles. The van der Waals surface area contributed by atoms with Gasteiger partial charge in [-0.2, -0.15) is 0 Å². The van der Waals surface area contributed by atoms with Crippen molar-refractivity contribution >= 4 is 9.84 Å². The molecule has 0 saturated heterocycles. The summed E-state index contributed by atoms with van der Waals surface area (Å²) in [5, 5.41) is 0. The van der Waals surface area contributed by atoms with Crippen molar-refractivity contribution in [3.63, 3.8) is 0 Å². The van der Waals surface area contributed by atoms with Gasteiger partial charge in [-0.25, -0.2) is 8.42 Å². The van der Waals surface area contributed by atoms with Gasteiger partial charge in [0.05, 0.1) is 7.11 Å². The van der Waals surface area contributed by atoms with E-state index in [0.717, 1.165) is 24.8 Å². The van der Waals surface area contributed by atoms with E-state index in [2.05, 4.69) is 0 Å². The van der Waals surface area contributed by atoms with Crippen molar-refractivity contribution in [2.75, 3.05) is 19.9 Å². The Morgan fingerprint density at radius 1 is 1.29 bits per heavy atom. The zero-order valence-electron chi connectivity index (χ0n) is 10.3. The second-order valence-electron chi connectivity index (χ2n) is 3.97. The summed E-state index contributed by atoms with van der Waals surface area (Å²) in [4.78, 5) is 0.255. The lowest BCUT2D eigenvalue weighted by molar-refractivity contribution is 0.397. The van der Waals surface area contributed by atoms with Gasteiger partial charge in [-0.15, -0.1) is 0 Å². The van der Waals surface area contributed by atoms with Crippen LogP contribution < -0.4 is 10.5 Å². The highest BCUT2D eigenvalue weighted by Crippen LogP contribution is 2.28. The third-order valence-corrected chi connectivity index (χ3v) is 3.68. The molecule has 5 heteroatoms. The van der Waals surface area contributed by atoms with Crippen LogP contribution in [0.4, 0.5) is 0 Å². The molecule has 0 aromatic heterocycles. The van der Waals surface area contributed by atoms with Gasteiger partial charge in [-0.1, -0.05) is 12.1 Å². The van der Waals surface area contributed by atoms with Crippen LogP contribution >= 0.6 is 0 Å². The van der Waals surface area contributed by atoms with E-state index in [-0.39, 0.29) is 4.90 Å². The third-order valence-electron chi connectivity index (χ3n) is 2.56. The van der Waals surface area contributed by atoms with Crippen molar-refractivity contribution in [2.24, 2.45) is 5.73 Å². The Morgan fingerprint density at radius 3 is 2.53 bits per heavy atom. The Hall–Kier alpha value is -1.07. The van der Waals surface area contributed by atoms with E-state index in [4.69, 9.17) is 10.5 Å². The molecule has 17 heavy (non-hydrogen) atoms. The van der Waals surface area contributed by atoms with Crippen LogP contribution in [0.2, 0.25) is 0 Å². The van der Waals surface area contributed by atoms with Crippen molar-refractivity contribution < 1.29 is 13.2 Å². The van der Waals surface area contributed by atoms with Gasteiger partial charge in [0.1, 0.15) is 10.6 Å². The van der Waals surface area contributed by atoms with Crippen molar-refractivity contribution in [3.05, 3.63) is 23.8 Å². The number of nitrogens with two attached hydrogens (primary N) is 1. The lowest BCUT2D eigenvalue weighted by atomic mass is 10.1. The summed E-state index contributed by atoms with van der Waals surface area (Å²) in [5.41, 5.74) is 6.36.